The predicted octanol–water partition coefficient (Wildman–Crippen LogP) is 4.47. The van der Waals surface area contributed by atoms with Gasteiger partial charge in [-0.1, -0.05) is 41.1 Å². The molecule has 2 aromatic carbocycles. The summed E-state index contributed by atoms with van der Waals surface area (Å²) in [6, 6.07) is 15.2. The van der Waals surface area contributed by atoms with Crippen LogP contribution in [0.15, 0.2) is 53.1 Å². The number of nitrogens with one attached hydrogen (secondary N) is 1. The number of hydrogen-bond donors (Lipinski definition) is 1. The van der Waals surface area contributed by atoms with Crippen molar-refractivity contribution in [3.63, 3.8) is 0 Å². The maximum absolute atomic E-state index is 12.8. The van der Waals surface area contributed by atoms with Gasteiger partial charge in [0.05, 0.1) is 18.7 Å². The Bertz CT molecular complexity index is 1000. The number of rotatable bonds is 4. The number of benzene rings is 2. The van der Waals surface area contributed by atoms with Crippen molar-refractivity contribution in [1.29, 1.82) is 0 Å². The van der Waals surface area contributed by atoms with Crippen molar-refractivity contribution in [3.8, 4) is 17.1 Å². The van der Waals surface area contributed by atoms with Gasteiger partial charge in [0, 0.05) is 18.7 Å². The Morgan fingerprint density at radius 2 is 2.10 bits per heavy atom. The van der Waals surface area contributed by atoms with Crippen LogP contribution in [0.25, 0.3) is 11.4 Å². The number of piperidine rings is 1. The fourth-order valence-electron chi connectivity index (χ4n) is 3.61. The van der Waals surface area contributed by atoms with E-state index in [1.165, 1.54) is 0 Å². The van der Waals surface area contributed by atoms with Crippen LogP contribution in [0.5, 0.6) is 5.75 Å². The van der Waals surface area contributed by atoms with E-state index in [4.69, 9.17) is 9.26 Å². The quantitative estimate of drug-likeness (QED) is 0.709. The van der Waals surface area contributed by atoms with Crippen molar-refractivity contribution in [2.45, 2.75) is 25.7 Å². The molecule has 1 atom stereocenters. The minimum absolute atomic E-state index is 0.0261. The third-order valence-corrected chi connectivity index (χ3v) is 5.12. The van der Waals surface area contributed by atoms with E-state index in [0.717, 1.165) is 24.0 Å². The van der Waals surface area contributed by atoms with Gasteiger partial charge in [0.2, 0.25) is 11.7 Å². The number of aromatic nitrogens is 2. The Balaban J connectivity index is 1.45. The fourth-order valence-corrected chi connectivity index (χ4v) is 3.61. The van der Waals surface area contributed by atoms with Gasteiger partial charge in [-0.3, -0.25) is 0 Å². The maximum Gasteiger partial charge on any atom is 0.321 e. The zero-order chi connectivity index (χ0) is 20.2. The van der Waals surface area contributed by atoms with Gasteiger partial charge in [0.15, 0.2) is 0 Å². The number of para-hydroxylation sites is 2. The molecular weight excluding hydrogens is 368 g/mol. The average molecular weight is 392 g/mol. The number of methoxy groups -OCH3 is 1. The Hall–Kier alpha value is -3.35. The molecule has 1 saturated heterocycles. The number of aryl methyl sites for hydroxylation is 1. The molecule has 0 radical (unpaired) electrons. The highest BCUT2D eigenvalue weighted by Crippen LogP contribution is 2.29. The number of likely N-dealkylation sites (tertiary alicyclic amines) is 1. The molecule has 0 bridgehead atoms. The number of carbonyl (C=O) groups excluding carboxylic acids is 1. The molecule has 0 aliphatic carbocycles. The van der Waals surface area contributed by atoms with E-state index >= 15 is 0 Å². The Morgan fingerprint density at radius 1 is 1.24 bits per heavy atom. The molecule has 1 N–H and O–H groups in total. The summed E-state index contributed by atoms with van der Waals surface area (Å²) in [7, 11) is 1.59. The Kier molecular flexibility index (Phi) is 5.46. The predicted molar refractivity (Wildman–Crippen MR) is 110 cm³/mol. The molecule has 0 saturated carbocycles. The van der Waals surface area contributed by atoms with Gasteiger partial charge in [-0.2, -0.15) is 4.98 Å². The first-order valence-electron chi connectivity index (χ1n) is 9.73. The lowest BCUT2D eigenvalue weighted by molar-refractivity contribution is 0.184. The summed E-state index contributed by atoms with van der Waals surface area (Å²) < 4.78 is 10.9. The highest BCUT2D eigenvalue weighted by molar-refractivity contribution is 5.91. The van der Waals surface area contributed by atoms with Crippen LogP contribution in [0.2, 0.25) is 0 Å². The van der Waals surface area contributed by atoms with Crippen LogP contribution in [0.3, 0.4) is 0 Å². The standard InChI is InChI=1S/C22H24N4O3/c1-15-7-5-8-16(13-15)20-24-21(29-25-20)17-9-6-12-26(14-17)22(27)23-18-10-3-4-11-19(18)28-2/h3-5,7-8,10-11,13,17H,6,9,12,14H2,1-2H3,(H,23,27). The molecule has 1 aliphatic rings. The number of carbonyl (C=O) groups is 1. The maximum atomic E-state index is 12.8. The van der Waals surface area contributed by atoms with Crippen molar-refractivity contribution in [2.75, 3.05) is 25.5 Å². The summed E-state index contributed by atoms with van der Waals surface area (Å²) in [6.07, 6.45) is 1.79. The first kappa shape index (κ1) is 19.0. The largest absolute Gasteiger partial charge is 0.495 e. The molecule has 2 amide bonds. The van der Waals surface area contributed by atoms with Crippen LogP contribution in [-0.4, -0.2) is 41.3 Å². The average Bonchev–Trinajstić information content (AvgIpc) is 3.25. The topological polar surface area (TPSA) is 80.5 Å². The van der Waals surface area contributed by atoms with Crippen LogP contribution < -0.4 is 10.1 Å². The molecule has 1 aromatic heterocycles. The highest BCUT2D eigenvalue weighted by Gasteiger charge is 2.29. The van der Waals surface area contributed by atoms with Crippen molar-refractivity contribution < 1.29 is 14.1 Å². The van der Waals surface area contributed by atoms with Gasteiger partial charge >= 0.3 is 6.03 Å². The molecular formula is C22H24N4O3. The van der Waals surface area contributed by atoms with E-state index in [0.29, 0.717) is 36.2 Å². The van der Waals surface area contributed by atoms with Gasteiger partial charge in [-0.25, -0.2) is 4.79 Å². The van der Waals surface area contributed by atoms with Gasteiger partial charge in [0.25, 0.3) is 0 Å². The zero-order valence-electron chi connectivity index (χ0n) is 16.6. The summed E-state index contributed by atoms with van der Waals surface area (Å²) in [5, 5.41) is 7.08. The van der Waals surface area contributed by atoms with Crippen molar-refractivity contribution in [1.82, 2.24) is 15.0 Å². The summed E-state index contributed by atoms with van der Waals surface area (Å²) in [4.78, 5) is 19.2. The second kappa shape index (κ2) is 8.34. The SMILES string of the molecule is COc1ccccc1NC(=O)N1CCCC(c2nc(-c3cccc(C)c3)no2)C1. The van der Waals surface area contributed by atoms with E-state index in [-0.39, 0.29) is 11.9 Å². The lowest BCUT2D eigenvalue weighted by Crippen LogP contribution is -2.41. The Labute approximate surface area is 169 Å². The molecule has 1 fully saturated rings. The molecule has 2 heterocycles. The third-order valence-electron chi connectivity index (χ3n) is 5.12. The summed E-state index contributed by atoms with van der Waals surface area (Å²) in [5.41, 5.74) is 2.73. The number of ether oxygens (including phenoxy) is 1. The third kappa shape index (κ3) is 4.23. The number of nitrogens with zero attached hydrogens (tertiary/aromatic N) is 3. The summed E-state index contributed by atoms with van der Waals surface area (Å²) >= 11 is 0. The summed E-state index contributed by atoms with van der Waals surface area (Å²) in [5.74, 6) is 1.82. The van der Waals surface area contributed by atoms with E-state index in [2.05, 4.69) is 15.5 Å². The first-order valence-corrected chi connectivity index (χ1v) is 9.73. The molecule has 0 spiro atoms. The summed E-state index contributed by atoms with van der Waals surface area (Å²) in [6.45, 7) is 3.26. The highest BCUT2D eigenvalue weighted by atomic mass is 16.5. The number of urea groups is 1. The van der Waals surface area contributed by atoms with E-state index in [9.17, 15) is 4.79 Å². The minimum atomic E-state index is -0.155. The molecule has 7 heteroatoms. The van der Waals surface area contributed by atoms with Crippen molar-refractivity contribution in [3.05, 3.63) is 60.0 Å². The lowest BCUT2D eigenvalue weighted by Gasteiger charge is -2.31. The van der Waals surface area contributed by atoms with E-state index < -0.39 is 0 Å². The molecule has 3 aromatic rings. The second-order valence-electron chi connectivity index (χ2n) is 7.24. The van der Waals surface area contributed by atoms with Crippen molar-refractivity contribution in [2.24, 2.45) is 0 Å². The van der Waals surface area contributed by atoms with Gasteiger partial charge in [0.1, 0.15) is 5.75 Å². The smallest absolute Gasteiger partial charge is 0.321 e. The fraction of sp³-hybridized carbons (Fsp3) is 0.318. The molecule has 1 aliphatic heterocycles. The number of anilines is 1. The van der Waals surface area contributed by atoms with Crippen LogP contribution in [0.1, 0.15) is 30.2 Å². The molecule has 29 heavy (non-hydrogen) atoms. The van der Waals surface area contributed by atoms with E-state index in [1.54, 1.807) is 12.0 Å². The van der Waals surface area contributed by atoms with E-state index in [1.807, 2.05) is 55.5 Å². The van der Waals surface area contributed by atoms with Crippen LogP contribution >= 0.6 is 0 Å². The van der Waals surface area contributed by atoms with Gasteiger partial charge < -0.3 is 19.5 Å². The lowest BCUT2D eigenvalue weighted by atomic mass is 9.98. The molecule has 1 unspecified atom stereocenters. The molecule has 4 rings (SSSR count). The van der Waals surface area contributed by atoms with Crippen LogP contribution in [0, 0.1) is 6.92 Å². The van der Waals surface area contributed by atoms with Crippen LogP contribution in [-0.2, 0) is 0 Å². The van der Waals surface area contributed by atoms with Gasteiger partial charge in [-0.05, 0) is 38.0 Å². The number of amides is 2. The Morgan fingerprint density at radius 3 is 2.93 bits per heavy atom. The first-order chi connectivity index (χ1) is 14.1. The molecule has 150 valence electrons. The van der Waals surface area contributed by atoms with Crippen molar-refractivity contribution >= 4 is 11.7 Å². The second-order valence-corrected chi connectivity index (χ2v) is 7.24. The number of hydrogen-bond acceptors (Lipinski definition) is 5. The van der Waals surface area contributed by atoms with Crippen LogP contribution in [0.4, 0.5) is 10.5 Å². The van der Waals surface area contributed by atoms with Gasteiger partial charge in [-0.15, -0.1) is 0 Å². The molecule has 7 nitrogen and oxygen atoms in total. The normalized spacial score (nSPS) is 16.5. The monoisotopic (exact) mass is 392 g/mol. The zero-order valence-corrected chi connectivity index (χ0v) is 16.6. The minimum Gasteiger partial charge on any atom is -0.495 e.